The van der Waals surface area contributed by atoms with Gasteiger partial charge in [0.05, 0.1) is 16.7 Å². The third-order valence-electron chi connectivity index (χ3n) is 3.81. The van der Waals surface area contributed by atoms with Gasteiger partial charge in [0, 0.05) is 32.7 Å². The minimum Gasteiger partial charge on any atom is -0.381 e. The number of carbonyl (C=O) groups is 1. The van der Waals surface area contributed by atoms with Gasteiger partial charge in [-0.3, -0.25) is 0 Å². The van der Waals surface area contributed by atoms with Gasteiger partial charge in [0.15, 0.2) is 0 Å². The first-order chi connectivity index (χ1) is 10.6. The molecule has 1 unspecified atom stereocenters. The number of aryl methyl sites for hydroxylation is 1. The quantitative estimate of drug-likeness (QED) is 0.801. The van der Waals surface area contributed by atoms with E-state index < -0.39 is 0 Å². The fourth-order valence-electron chi connectivity index (χ4n) is 2.52. The summed E-state index contributed by atoms with van der Waals surface area (Å²) in [6.07, 6.45) is 2.76. The van der Waals surface area contributed by atoms with Crippen molar-refractivity contribution in [1.82, 2.24) is 10.2 Å². The van der Waals surface area contributed by atoms with Gasteiger partial charge in [0.1, 0.15) is 0 Å². The van der Waals surface area contributed by atoms with Gasteiger partial charge in [-0.15, -0.1) is 0 Å². The van der Waals surface area contributed by atoms with E-state index in [9.17, 15) is 4.79 Å². The normalized spacial score (nSPS) is 17.5. The molecule has 122 valence electrons. The van der Waals surface area contributed by atoms with Crippen LogP contribution in [-0.4, -0.2) is 44.3 Å². The van der Waals surface area contributed by atoms with Crippen LogP contribution in [-0.2, 0) is 11.2 Å². The van der Waals surface area contributed by atoms with E-state index in [1.165, 1.54) is 0 Å². The Morgan fingerprint density at radius 3 is 2.91 bits per heavy atom. The van der Waals surface area contributed by atoms with E-state index in [0.717, 1.165) is 44.6 Å². The van der Waals surface area contributed by atoms with Crippen molar-refractivity contribution in [2.24, 2.45) is 5.92 Å². The molecule has 0 aromatic heterocycles. The van der Waals surface area contributed by atoms with E-state index in [4.69, 9.17) is 27.9 Å². The topological polar surface area (TPSA) is 41.6 Å². The number of urea groups is 1. The van der Waals surface area contributed by atoms with E-state index in [-0.39, 0.29) is 6.03 Å². The number of nitrogens with one attached hydrogen (secondary N) is 1. The number of ether oxygens (including phenoxy) is 1. The van der Waals surface area contributed by atoms with Crippen LogP contribution in [0.2, 0.25) is 10.0 Å². The molecule has 0 radical (unpaired) electrons. The number of amides is 2. The van der Waals surface area contributed by atoms with Crippen LogP contribution in [0.15, 0.2) is 18.2 Å². The van der Waals surface area contributed by atoms with E-state index in [2.05, 4.69) is 5.32 Å². The molecule has 22 heavy (non-hydrogen) atoms. The molecule has 1 N–H and O–H groups in total. The van der Waals surface area contributed by atoms with Crippen molar-refractivity contribution in [2.75, 3.05) is 33.4 Å². The third-order valence-corrected chi connectivity index (χ3v) is 4.54. The molecule has 4 nitrogen and oxygen atoms in total. The number of carbonyl (C=O) groups excluding carboxylic acids is 1. The summed E-state index contributed by atoms with van der Waals surface area (Å²) in [6.45, 7) is 2.96. The molecule has 2 amide bonds. The molecule has 1 aliphatic rings. The van der Waals surface area contributed by atoms with Crippen LogP contribution < -0.4 is 5.32 Å². The Morgan fingerprint density at radius 2 is 2.23 bits per heavy atom. The maximum Gasteiger partial charge on any atom is 0.317 e. The molecule has 1 heterocycles. The van der Waals surface area contributed by atoms with Crippen molar-refractivity contribution in [3.63, 3.8) is 0 Å². The van der Waals surface area contributed by atoms with Crippen molar-refractivity contribution in [1.29, 1.82) is 0 Å². The Bertz CT molecular complexity index is 505. The highest BCUT2D eigenvalue weighted by Crippen LogP contribution is 2.23. The fourth-order valence-corrected chi connectivity index (χ4v) is 2.84. The third kappa shape index (κ3) is 5.34. The van der Waals surface area contributed by atoms with Gasteiger partial charge in [0.2, 0.25) is 0 Å². The molecule has 1 saturated heterocycles. The molecule has 1 aromatic carbocycles. The van der Waals surface area contributed by atoms with E-state index in [0.29, 0.717) is 22.5 Å². The van der Waals surface area contributed by atoms with Crippen molar-refractivity contribution in [2.45, 2.75) is 19.3 Å². The second-order valence-electron chi connectivity index (χ2n) is 5.69. The first kappa shape index (κ1) is 17.4. The van der Waals surface area contributed by atoms with Gasteiger partial charge >= 0.3 is 6.03 Å². The van der Waals surface area contributed by atoms with Gasteiger partial charge in [-0.25, -0.2) is 4.79 Å². The molecule has 0 spiro atoms. The lowest BCUT2D eigenvalue weighted by molar-refractivity contribution is 0.171. The van der Waals surface area contributed by atoms with Crippen molar-refractivity contribution in [3.05, 3.63) is 33.8 Å². The lowest BCUT2D eigenvalue weighted by Crippen LogP contribution is -2.40. The van der Waals surface area contributed by atoms with Crippen LogP contribution in [0, 0.1) is 5.92 Å². The van der Waals surface area contributed by atoms with Gasteiger partial charge in [0.25, 0.3) is 0 Å². The monoisotopic (exact) mass is 344 g/mol. The summed E-state index contributed by atoms with van der Waals surface area (Å²) in [6, 6.07) is 5.61. The number of hydrogen-bond donors (Lipinski definition) is 1. The van der Waals surface area contributed by atoms with Crippen molar-refractivity contribution in [3.8, 4) is 0 Å². The molecule has 0 bridgehead atoms. The number of benzene rings is 1. The summed E-state index contributed by atoms with van der Waals surface area (Å²) in [5.41, 5.74) is 1.13. The maximum absolute atomic E-state index is 12.0. The molecule has 0 saturated carbocycles. The summed E-state index contributed by atoms with van der Waals surface area (Å²) in [7, 11) is 1.83. The zero-order valence-electron chi connectivity index (χ0n) is 12.8. The van der Waals surface area contributed by atoms with Crippen molar-refractivity contribution < 1.29 is 9.53 Å². The molecule has 6 heteroatoms. The second kappa shape index (κ2) is 8.61. The van der Waals surface area contributed by atoms with E-state index in [1.54, 1.807) is 11.0 Å². The number of nitrogens with zero attached hydrogens (tertiary/aromatic N) is 1. The zero-order valence-corrected chi connectivity index (χ0v) is 14.3. The first-order valence-corrected chi connectivity index (χ1v) is 8.32. The lowest BCUT2D eigenvalue weighted by Gasteiger charge is -2.20. The predicted molar refractivity (Wildman–Crippen MR) is 89.7 cm³/mol. The minimum atomic E-state index is -0.0268. The second-order valence-corrected chi connectivity index (χ2v) is 6.51. The van der Waals surface area contributed by atoms with E-state index in [1.807, 2.05) is 19.2 Å². The summed E-state index contributed by atoms with van der Waals surface area (Å²) < 4.78 is 5.32. The van der Waals surface area contributed by atoms with Crippen LogP contribution in [0.1, 0.15) is 18.4 Å². The molecule has 1 fully saturated rings. The molecule has 2 rings (SSSR count). The van der Waals surface area contributed by atoms with E-state index >= 15 is 0 Å². The summed E-state index contributed by atoms with van der Waals surface area (Å²) >= 11 is 11.9. The molecule has 1 atom stereocenters. The standard InChI is InChI=1S/C16H22Cl2N2O2/c1-20(10-13-6-8-22-11-13)16(21)19-7-2-3-12-4-5-14(17)15(18)9-12/h4-5,9,13H,2-3,6-8,10-11H2,1H3,(H,19,21). The van der Waals surface area contributed by atoms with Crippen LogP contribution in [0.4, 0.5) is 4.79 Å². The van der Waals surface area contributed by atoms with Crippen molar-refractivity contribution >= 4 is 29.2 Å². The highest BCUT2D eigenvalue weighted by molar-refractivity contribution is 6.42. The summed E-state index contributed by atoms with van der Waals surface area (Å²) in [5.74, 6) is 0.465. The molecule has 1 aromatic rings. The number of hydrogen-bond acceptors (Lipinski definition) is 2. The van der Waals surface area contributed by atoms with Crippen LogP contribution in [0.3, 0.4) is 0 Å². The zero-order chi connectivity index (χ0) is 15.9. The Morgan fingerprint density at radius 1 is 1.41 bits per heavy atom. The molecular formula is C16H22Cl2N2O2. The van der Waals surface area contributed by atoms with Crippen LogP contribution in [0.25, 0.3) is 0 Å². The highest BCUT2D eigenvalue weighted by atomic mass is 35.5. The summed E-state index contributed by atoms with van der Waals surface area (Å²) in [4.78, 5) is 13.7. The molecule has 0 aliphatic carbocycles. The predicted octanol–water partition coefficient (Wildman–Crippen LogP) is 3.60. The van der Waals surface area contributed by atoms with Gasteiger partial charge < -0.3 is 15.0 Å². The van der Waals surface area contributed by atoms with Crippen LogP contribution in [0.5, 0.6) is 0 Å². The summed E-state index contributed by atoms with van der Waals surface area (Å²) in [5, 5.41) is 4.08. The molecular weight excluding hydrogens is 323 g/mol. The first-order valence-electron chi connectivity index (χ1n) is 7.57. The highest BCUT2D eigenvalue weighted by Gasteiger charge is 2.19. The maximum atomic E-state index is 12.0. The molecule has 1 aliphatic heterocycles. The number of rotatable bonds is 6. The van der Waals surface area contributed by atoms with Gasteiger partial charge in [-0.1, -0.05) is 29.3 Å². The smallest absolute Gasteiger partial charge is 0.317 e. The van der Waals surface area contributed by atoms with Gasteiger partial charge in [-0.05, 0) is 37.0 Å². The van der Waals surface area contributed by atoms with Gasteiger partial charge in [-0.2, -0.15) is 0 Å². The average Bonchev–Trinajstić information content (AvgIpc) is 2.99. The Kier molecular flexibility index (Phi) is 6.80. The lowest BCUT2D eigenvalue weighted by atomic mass is 10.1. The Labute approximate surface area is 141 Å². The van der Waals surface area contributed by atoms with Crippen LogP contribution >= 0.6 is 23.2 Å². The SMILES string of the molecule is CN(CC1CCOC1)C(=O)NCCCc1ccc(Cl)c(Cl)c1. The number of halogens is 2. The fraction of sp³-hybridized carbons (Fsp3) is 0.562. The largest absolute Gasteiger partial charge is 0.381 e. The Balaban J connectivity index is 1.64. The average molecular weight is 345 g/mol. The minimum absolute atomic E-state index is 0.0268. The Hall–Kier alpha value is -0.970.